The number of hydrogen-bond donors (Lipinski definition) is 1. The van der Waals surface area contributed by atoms with Gasteiger partial charge in [0.05, 0.1) is 12.6 Å². The van der Waals surface area contributed by atoms with Crippen LogP contribution in [0.1, 0.15) is 29.7 Å². The van der Waals surface area contributed by atoms with Crippen molar-refractivity contribution in [1.82, 2.24) is 5.32 Å². The molecule has 0 fully saturated rings. The van der Waals surface area contributed by atoms with Crippen molar-refractivity contribution in [3.05, 3.63) is 65.0 Å². The highest BCUT2D eigenvalue weighted by molar-refractivity contribution is 5.39. The number of aryl methyl sites for hydroxylation is 1. The van der Waals surface area contributed by atoms with Crippen molar-refractivity contribution >= 4 is 0 Å². The van der Waals surface area contributed by atoms with Crippen LogP contribution in [0.4, 0.5) is 4.39 Å². The fourth-order valence-electron chi connectivity index (χ4n) is 2.35. The average molecular weight is 273 g/mol. The molecule has 0 radical (unpaired) electrons. The molecule has 0 heterocycles. The first-order valence-corrected chi connectivity index (χ1v) is 6.81. The van der Waals surface area contributed by atoms with E-state index in [0.29, 0.717) is 6.61 Å². The molecule has 2 aromatic carbocycles. The Labute approximate surface area is 119 Å². The molecule has 0 bridgehead atoms. The zero-order valence-electron chi connectivity index (χ0n) is 12.1. The van der Waals surface area contributed by atoms with E-state index in [9.17, 15) is 4.39 Å². The van der Waals surface area contributed by atoms with Crippen molar-refractivity contribution in [2.24, 2.45) is 0 Å². The lowest BCUT2D eigenvalue weighted by Crippen LogP contribution is -2.18. The number of hydrogen-bond acceptors (Lipinski definition) is 2. The number of benzene rings is 2. The van der Waals surface area contributed by atoms with Crippen LogP contribution in [0.3, 0.4) is 0 Å². The van der Waals surface area contributed by atoms with Crippen LogP contribution in [0, 0.1) is 12.7 Å². The van der Waals surface area contributed by atoms with Gasteiger partial charge in [0.15, 0.2) is 0 Å². The fourth-order valence-corrected chi connectivity index (χ4v) is 2.35. The van der Waals surface area contributed by atoms with Crippen LogP contribution >= 0.6 is 0 Å². The molecule has 1 unspecified atom stereocenters. The summed E-state index contributed by atoms with van der Waals surface area (Å²) in [6.45, 7) is 4.60. The standard InChI is InChI=1S/C17H20FNO/c1-4-20-15-9-6-13(7-10-15)17(19-3)16-11-14(18)8-5-12(16)2/h5-11,17,19H,4H2,1-3H3. The lowest BCUT2D eigenvalue weighted by atomic mass is 9.95. The molecule has 3 heteroatoms. The van der Waals surface area contributed by atoms with Gasteiger partial charge >= 0.3 is 0 Å². The van der Waals surface area contributed by atoms with Crippen LogP contribution in [0.15, 0.2) is 42.5 Å². The topological polar surface area (TPSA) is 21.3 Å². The van der Waals surface area contributed by atoms with Crippen molar-refractivity contribution in [2.75, 3.05) is 13.7 Å². The van der Waals surface area contributed by atoms with E-state index in [1.54, 1.807) is 6.07 Å². The predicted molar refractivity (Wildman–Crippen MR) is 79.7 cm³/mol. The van der Waals surface area contributed by atoms with Crippen molar-refractivity contribution in [3.8, 4) is 5.75 Å². The molecule has 1 atom stereocenters. The third kappa shape index (κ3) is 3.17. The molecular weight excluding hydrogens is 253 g/mol. The van der Waals surface area contributed by atoms with Crippen molar-refractivity contribution < 1.29 is 9.13 Å². The Kier molecular flexibility index (Phi) is 4.74. The van der Waals surface area contributed by atoms with Crippen molar-refractivity contribution in [3.63, 3.8) is 0 Å². The molecule has 0 spiro atoms. The minimum absolute atomic E-state index is 0.0265. The maximum Gasteiger partial charge on any atom is 0.123 e. The van der Waals surface area contributed by atoms with Gasteiger partial charge in [0.1, 0.15) is 11.6 Å². The van der Waals surface area contributed by atoms with Crippen LogP contribution in [0.5, 0.6) is 5.75 Å². The Hall–Kier alpha value is -1.87. The largest absolute Gasteiger partial charge is 0.494 e. The molecule has 2 nitrogen and oxygen atoms in total. The molecule has 0 amide bonds. The Morgan fingerprint density at radius 2 is 1.85 bits per heavy atom. The Morgan fingerprint density at radius 1 is 1.15 bits per heavy atom. The summed E-state index contributed by atoms with van der Waals surface area (Å²) in [7, 11) is 1.88. The van der Waals surface area contributed by atoms with Gasteiger partial charge in [-0.05, 0) is 61.9 Å². The van der Waals surface area contributed by atoms with Gasteiger partial charge in [0.25, 0.3) is 0 Å². The van der Waals surface area contributed by atoms with E-state index in [1.807, 2.05) is 51.2 Å². The lowest BCUT2D eigenvalue weighted by Gasteiger charge is -2.20. The first kappa shape index (κ1) is 14.5. The smallest absolute Gasteiger partial charge is 0.123 e. The van der Waals surface area contributed by atoms with Crippen LogP contribution in [0.25, 0.3) is 0 Å². The minimum Gasteiger partial charge on any atom is -0.494 e. The van der Waals surface area contributed by atoms with E-state index in [2.05, 4.69) is 5.32 Å². The summed E-state index contributed by atoms with van der Waals surface area (Å²) in [4.78, 5) is 0. The number of rotatable bonds is 5. The Morgan fingerprint density at radius 3 is 2.45 bits per heavy atom. The summed E-state index contributed by atoms with van der Waals surface area (Å²) >= 11 is 0. The van der Waals surface area contributed by atoms with Gasteiger partial charge in [0.2, 0.25) is 0 Å². The quantitative estimate of drug-likeness (QED) is 0.893. The molecular formula is C17H20FNO. The van der Waals surface area contributed by atoms with Gasteiger partial charge < -0.3 is 10.1 Å². The molecule has 1 N–H and O–H groups in total. The van der Waals surface area contributed by atoms with E-state index in [4.69, 9.17) is 4.74 Å². The zero-order chi connectivity index (χ0) is 14.5. The van der Waals surface area contributed by atoms with Crippen LogP contribution in [-0.2, 0) is 0 Å². The van der Waals surface area contributed by atoms with Gasteiger partial charge in [0, 0.05) is 0 Å². The monoisotopic (exact) mass is 273 g/mol. The van der Waals surface area contributed by atoms with Crippen molar-refractivity contribution in [1.29, 1.82) is 0 Å². The molecule has 0 saturated carbocycles. The highest BCUT2D eigenvalue weighted by atomic mass is 19.1. The van der Waals surface area contributed by atoms with Crippen LogP contribution in [-0.4, -0.2) is 13.7 Å². The van der Waals surface area contributed by atoms with Gasteiger partial charge in [-0.15, -0.1) is 0 Å². The number of ether oxygens (including phenoxy) is 1. The maximum absolute atomic E-state index is 13.5. The van der Waals surface area contributed by atoms with Gasteiger partial charge in [-0.25, -0.2) is 4.39 Å². The summed E-state index contributed by atoms with van der Waals surface area (Å²) in [5, 5.41) is 3.25. The first-order chi connectivity index (χ1) is 9.65. The third-order valence-electron chi connectivity index (χ3n) is 3.37. The number of nitrogens with one attached hydrogen (secondary N) is 1. The second kappa shape index (κ2) is 6.53. The second-order valence-corrected chi connectivity index (χ2v) is 4.72. The lowest BCUT2D eigenvalue weighted by molar-refractivity contribution is 0.340. The van der Waals surface area contributed by atoms with Gasteiger partial charge in [-0.3, -0.25) is 0 Å². The summed E-state index contributed by atoms with van der Waals surface area (Å²) in [6.07, 6.45) is 0. The zero-order valence-corrected chi connectivity index (χ0v) is 12.1. The van der Waals surface area contributed by atoms with Crippen LogP contribution in [0.2, 0.25) is 0 Å². The molecule has 20 heavy (non-hydrogen) atoms. The summed E-state index contributed by atoms with van der Waals surface area (Å²) in [5.74, 6) is 0.638. The molecule has 2 aromatic rings. The molecule has 0 saturated heterocycles. The van der Waals surface area contributed by atoms with E-state index >= 15 is 0 Å². The normalized spacial score (nSPS) is 12.2. The molecule has 0 aliphatic carbocycles. The molecule has 0 aliphatic heterocycles. The summed E-state index contributed by atoms with van der Waals surface area (Å²) in [5.41, 5.74) is 3.11. The predicted octanol–water partition coefficient (Wildman–Crippen LogP) is 3.84. The fraction of sp³-hybridized carbons (Fsp3) is 0.294. The van der Waals surface area contributed by atoms with Gasteiger partial charge in [-0.1, -0.05) is 18.2 Å². The van der Waals surface area contributed by atoms with E-state index in [1.165, 1.54) is 6.07 Å². The Balaban J connectivity index is 2.34. The first-order valence-electron chi connectivity index (χ1n) is 6.81. The maximum atomic E-state index is 13.5. The number of halogens is 1. The Bertz CT molecular complexity index is 566. The SMILES string of the molecule is CCOc1ccc(C(NC)c2cc(F)ccc2C)cc1. The third-order valence-corrected chi connectivity index (χ3v) is 3.37. The molecule has 2 rings (SSSR count). The van der Waals surface area contributed by atoms with E-state index in [-0.39, 0.29) is 11.9 Å². The summed E-state index contributed by atoms with van der Waals surface area (Å²) < 4.78 is 18.9. The van der Waals surface area contributed by atoms with Gasteiger partial charge in [-0.2, -0.15) is 0 Å². The van der Waals surface area contributed by atoms with E-state index < -0.39 is 0 Å². The highest BCUT2D eigenvalue weighted by Crippen LogP contribution is 2.26. The molecule has 0 aliphatic rings. The molecule has 106 valence electrons. The average Bonchev–Trinajstić information content (AvgIpc) is 2.45. The minimum atomic E-state index is -0.211. The highest BCUT2D eigenvalue weighted by Gasteiger charge is 2.15. The van der Waals surface area contributed by atoms with E-state index in [0.717, 1.165) is 22.4 Å². The van der Waals surface area contributed by atoms with Crippen LogP contribution < -0.4 is 10.1 Å². The van der Waals surface area contributed by atoms with Crippen molar-refractivity contribution in [2.45, 2.75) is 19.9 Å². The summed E-state index contributed by atoms with van der Waals surface area (Å²) in [6, 6.07) is 12.8. The molecule has 0 aromatic heterocycles. The second-order valence-electron chi connectivity index (χ2n) is 4.72.